The van der Waals surface area contributed by atoms with E-state index >= 15 is 0 Å². The van der Waals surface area contributed by atoms with E-state index in [2.05, 4.69) is 21.2 Å². The van der Waals surface area contributed by atoms with Gasteiger partial charge in [-0.3, -0.25) is 4.79 Å². The lowest BCUT2D eigenvalue weighted by Crippen LogP contribution is -2.17. The van der Waals surface area contributed by atoms with Crippen LogP contribution in [0.5, 0.6) is 0 Å². The van der Waals surface area contributed by atoms with Gasteiger partial charge in [0.25, 0.3) is 0 Å². The molecule has 0 bridgehead atoms. The van der Waals surface area contributed by atoms with Crippen molar-refractivity contribution in [3.63, 3.8) is 0 Å². The number of nitrogens with one attached hydrogen (secondary N) is 1. The minimum absolute atomic E-state index is 0.0678. The van der Waals surface area contributed by atoms with Crippen molar-refractivity contribution in [1.82, 2.24) is 0 Å². The maximum Gasteiger partial charge on any atom is 0.162 e. The Kier molecular flexibility index (Phi) is 4.78. The molecule has 0 saturated heterocycles. The van der Waals surface area contributed by atoms with Crippen molar-refractivity contribution in [3.05, 3.63) is 40.0 Å². The van der Waals surface area contributed by atoms with Crippen LogP contribution in [0, 0.1) is 5.41 Å². The molecule has 0 saturated carbocycles. The van der Waals surface area contributed by atoms with Crippen molar-refractivity contribution in [2.75, 3.05) is 5.32 Å². The monoisotopic (exact) mass is 315 g/mol. The third-order valence-corrected chi connectivity index (χ3v) is 2.95. The molecule has 1 aromatic carbocycles. The lowest BCUT2D eigenvalue weighted by atomic mass is 9.91. The second-order valence-electron chi connectivity index (χ2n) is 4.72. The SMILES string of the molecule is CC(C)(C)C(=O)/C=C/Nc1ccc(Br)cc1Cl. The number of halogens is 2. The summed E-state index contributed by atoms with van der Waals surface area (Å²) in [5, 5.41) is 3.59. The highest BCUT2D eigenvalue weighted by atomic mass is 79.9. The number of ketones is 1. The van der Waals surface area contributed by atoms with Gasteiger partial charge < -0.3 is 5.32 Å². The smallest absolute Gasteiger partial charge is 0.162 e. The Labute approximate surface area is 115 Å². The topological polar surface area (TPSA) is 29.1 Å². The molecule has 0 radical (unpaired) electrons. The Hall–Kier alpha value is -0.800. The number of carbonyl (C=O) groups excluding carboxylic acids is 1. The van der Waals surface area contributed by atoms with E-state index in [9.17, 15) is 4.79 Å². The molecule has 0 heterocycles. The van der Waals surface area contributed by atoms with Crippen molar-refractivity contribution in [2.45, 2.75) is 20.8 Å². The molecule has 92 valence electrons. The fourth-order valence-electron chi connectivity index (χ4n) is 1.06. The van der Waals surface area contributed by atoms with Crippen LogP contribution in [0.1, 0.15) is 20.8 Å². The van der Waals surface area contributed by atoms with E-state index in [1.807, 2.05) is 32.9 Å². The molecule has 4 heteroatoms. The highest BCUT2D eigenvalue weighted by Crippen LogP contribution is 2.25. The van der Waals surface area contributed by atoms with Crippen LogP contribution < -0.4 is 5.32 Å². The van der Waals surface area contributed by atoms with E-state index in [0.717, 1.165) is 10.2 Å². The third-order valence-electron chi connectivity index (χ3n) is 2.14. The Bertz CT molecular complexity index is 449. The molecule has 0 spiro atoms. The van der Waals surface area contributed by atoms with E-state index in [4.69, 9.17) is 11.6 Å². The molecule has 0 aliphatic rings. The quantitative estimate of drug-likeness (QED) is 0.823. The number of carbonyl (C=O) groups is 1. The number of hydrogen-bond acceptors (Lipinski definition) is 2. The molecular weight excluding hydrogens is 302 g/mol. The predicted octanol–water partition coefficient (Wildman–Crippen LogP) is 4.64. The molecule has 2 nitrogen and oxygen atoms in total. The maximum atomic E-state index is 11.6. The molecular formula is C13H15BrClNO. The fraction of sp³-hybridized carbons (Fsp3) is 0.308. The summed E-state index contributed by atoms with van der Waals surface area (Å²) in [7, 11) is 0. The van der Waals surface area contributed by atoms with Crippen LogP contribution in [-0.2, 0) is 4.79 Å². The van der Waals surface area contributed by atoms with Crippen molar-refractivity contribution >= 4 is 39.0 Å². The van der Waals surface area contributed by atoms with E-state index in [0.29, 0.717) is 5.02 Å². The van der Waals surface area contributed by atoms with Gasteiger partial charge in [0.1, 0.15) is 0 Å². The molecule has 1 N–H and O–H groups in total. The summed E-state index contributed by atoms with van der Waals surface area (Å²) in [5.41, 5.74) is 0.412. The van der Waals surface area contributed by atoms with Crippen LogP contribution in [0.4, 0.5) is 5.69 Å². The molecule has 0 unspecified atom stereocenters. The molecule has 1 rings (SSSR count). The molecule has 0 fully saturated rings. The number of hydrogen-bond donors (Lipinski definition) is 1. The minimum Gasteiger partial charge on any atom is -0.360 e. The predicted molar refractivity (Wildman–Crippen MR) is 76.4 cm³/mol. The fourth-order valence-corrected chi connectivity index (χ4v) is 1.79. The van der Waals surface area contributed by atoms with Gasteiger partial charge in [0, 0.05) is 16.1 Å². The van der Waals surface area contributed by atoms with Crippen molar-refractivity contribution in [1.29, 1.82) is 0 Å². The van der Waals surface area contributed by atoms with Gasteiger partial charge in [-0.05, 0) is 24.3 Å². The maximum absolute atomic E-state index is 11.6. The summed E-state index contributed by atoms with van der Waals surface area (Å²) in [5.74, 6) is 0.0678. The molecule has 0 amide bonds. The number of anilines is 1. The van der Waals surface area contributed by atoms with Crippen molar-refractivity contribution < 1.29 is 4.79 Å². The average molecular weight is 317 g/mol. The van der Waals surface area contributed by atoms with Crippen LogP contribution in [-0.4, -0.2) is 5.78 Å². The van der Waals surface area contributed by atoms with Gasteiger partial charge in [0.2, 0.25) is 0 Å². The summed E-state index contributed by atoms with van der Waals surface area (Å²) in [6, 6.07) is 5.52. The van der Waals surface area contributed by atoms with Crippen molar-refractivity contribution in [3.8, 4) is 0 Å². The summed E-state index contributed by atoms with van der Waals surface area (Å²) in [6.45, 7) is 5.64. The van der Waals surface area contributed by atoms with Crippen LogP contribution >= 0.6 is 27.5 Å². The first-order chi connectivity index (χ1) is 7.80. The second-order valence-corrected chi connectivity index (χ2v) is 6.04. The number of allylic oxidation sites excluding steroid dienone is 1. The normalized spacial score (nSPS) is 11.8. The van der Waals surface area contributed by atoms with Crippen molar-refractivity contribution in [2.24, 2.45) is 5.41 Å². The highest BCUT2D eigenvalue weighted by Gasteiger charge is 2.17. The van der Waals surface area contributed by atoms with E-state index in [1.165, 1.54) is 6.08 Å². The van der Waals surface area contributed by atoms with Gasteiger partial charge in [-0.1, -0.05) is 48.3 Å². The molecule has 0 aliphatic heterocycles. The van der Waals surface area contributed by atoms with E-state index < -0.39 is 0 Å². The first-order valence-electron chi connectivity index (χ1n) is 5.23. The first kappa shape index (κ1) is 14.3. The summed E-state index contributed by atoms with van der Waals surface area (Å²) in [6.07, 6.45) is 3.14. The largest absolute Gasteiger partial charge is 0.360 e. The Balaban J connectivity index is 2.68. The zero-order valence-corrected chi connectivity index (χ0v) is 12.4. The average Bonchev–Trinajstić information content (AvgIpc) is 2.19. The van der Waals surface area contributed by atoms with Gasteiger partial charge in [0.15, 0.2) is 5.78 Å². The van der Waals surface area contributed by atoms with E-state index in [1.54, 1.807) is 12.3 Å². The van der Waals surface area contributed by atoms with Crippen LogP contribution in [0.25, 0.3) is 0 Å². The zero-order valence-electron chi connectivity index (χ0n) is 10.1. The number of benzene rings is 1. The lowest BCUT2D eigenvalue weighted by molar-refractivity contribution is -0.121. The van der Waals surface area contributed by atoms with Crippen LogP contribution in [0.15, 0.2) is 34.9 Å². The standard InChI is InChI=1S/C13H15BrClNO/c1-13(2,3)12(17)6-7-16-11-5-4-9(14)8-10(11)15/h4-8,16H,1-3H3/b7-6+. The van der Waals surface area contributed by atoms with Gasteiger partial charge in [0.05, 0.1) is 10.7 Å². The summed E-state index contributed by atoms with van der Waals surface area (Å²) in [4.78, 5) is 11.6. The Morgan fingerprint density at radius 1 is 1.41 bits per heavy atom. The molecule has 0 aromatic heterocycles. The molecule has 17 heavy (non-hydrogen) atoms. The summed E-state index contributed by atoms with van der Waals surface area (Å²) >= 11 is 9.35. The highest BCUT2D eigenvalue weighted by molar-refractivity contribution is 9.10. The Morgan fingerprint density at radius 2 is 2.06 bits per heavy atom. The van der Waals surface area contributed by atoms with Crippen LogP contribution in [0.3, 0.4) is 0 Å². The third kappa shape index (κ3) is 4.52. The first-order valence-corrected chi connectivity index (χ1v) is 6.40. The Morgan fingerprint density at radius 3 is 2.59 bits per heavy atom. The molecule has 1 aromatic rings. The number of rotatable bonds is 3. The molecule has 0 aliphatic carbocycles. The van der Waals surface area contributed by atoms with E-state index in [-0.39, 0.29) is 11.2 Å². The molecule has 0 atom stereocenters. The summed E-state index contributed by atoms with van der Waals surface area (Å²) < 4.78 is 0.919. The van der Waals surface area contributed by atoms with Gasteiger partial charge in [-0.2, -0.15) is 0 Å². The lowest BCUT2D eigenvalue weighted by Gasteiger charge is -2.13. The van der Waals surface area contributed by atoms with Gasteiger partial charge in [-0.15, -0.1) is 0 Å². The second kappa shape index (κ2) is 5.69. The minimum atomic E-state index is -0.359. The zero-order chi connectivity index (χ0) is 13.1. The van der Waals surface area contributed by atoms with Crippen LogP contribution in [0.2, 0.25) is 5.02 Å². The van der Waals surface area contributed by atoms with Gasteiger partial charge >= 0.3 is 0 Å². The van der Waals surface area contributed by atoms with Gasteiger partial charge in [-0.25, -0.2) is 0 Å².